The maximum absolute atomic E-state index is 12.4. The number of nitro groups is 1. The fourth-order valence-corrected chi connectivity index (χ4v) is 2.79. The van der Waals surface area contributed by atoms with E-state index in [1.165, 1.54) is 24.0 Å². The van der Waals surface area contributed by atoms with Gasteiger partial charge in [-0.2, -0.15) is 0 Å². The molecule has 1 aromatic carbocycles. The summed E-state index contributed by atoms with van der Waals surface area (Å²) in [5.74, 6) is 1.02. The maximum Gasteiger partial charge on any atom is 0.324 e. The molecule has 0 saturated heterocycles. The van der Waals surface area contributed by atoms with Crippen molar-refractivity contribution in [3.8, 4) is 11.5 Å². The van der Waals surface area contributed by atoms with E-state index in [1.807, 2.05) is 6.92 Å². The molecule has 2 amide bonds. The second kappa shape index (κ2) is 6.77. The number of benzene rings is 1. The molecule has 1 aliphatic heterocycles. The normalized spacial score (nSPS) is 18.0. The van der Waals surface area contributed by atoms with Gasteiger partial charge in [0.15, 0.2) is 17.5 Å². The van der Waals surface area contributed by atoms with Crippen LogP contribution in [0.3, 0.4) is 0 Å². The summed E-state index contributed by atoms with van der Waals surface area (Å²) in [4.78, 5) is 26.1. The molecule has 24 heavy (non-hydrogen) atoms. The fourth-order valence-electron chi connectivity index (χ4n) is 2.79. The van der Waals surface area contributed by atoms with Gasteiger partial charge >= 0.3 is 6.03 Å². The van der Waals surface area contributed by atoms with Gasteiger partial charge in [-0.1, -0.05) is 6.07 Å². The second-order valence-corrected chi connectivity index (χ2v) is 5.43. The Morgan fingerprint density at radius 2 is 1.96 bits per heavy atom. The van der Waals surface area contributed by atoms with Crippen LogP contribution >= 0.6 is 0 Å². The SMILES string of the molecule is CCOc1ccc([C@H]2C([N+](=O)[O-])=C(C)N(C)C(=O)N2C)cc1OC. The third kappa shape index (κ3) is 2.86. The van der Waals surface area contributed by atoms with Gasteiger partial charge in [-0.05, 0) is 31.5 Å². The van der Waals surface area contributed by atoms with Gasteiger partial charge in [0.1, 0.15) is 0 Å². The van der Waals surface area contributed by atoms with Crippen molar-refractivity contribution >= 4 is 6.03 Å². The summed E-state index contributed by atoms with van der Waals surface area (Å²) < 4.78 is 10.8. The second-order valence-electron chi connectivity index (χ2n) is 5.43. The lowest BCUT2D eigenvalue weighted by atomic mass is 9.98. The average Bonchev–Trinajstić information content (AvgIpc) is 2.56. The van der Waals surface area contributed by atoms with Gasteiger partial charge < -0.3 is 14.4 Å². The van der Waals surface area contributed by atoms with E-state index >= 15 is 0 Å². The highest BCUT2D eigenvalue weighted by Crippen LogP contribution is 2.39. The fraction of sp³-hybridized carbons (Fsp3) is 0.438. The number of carbonyl (C=O) groups excluding carboxylic acids is 1. The molecular weight excluding hydrogens is 314 g/mol. The highest BCUT2D eigenvalue weighted by atomic mass is 16.6. The van der Waals surface area contributed by atoms with Crippen LogP contribution in [-0.2, 0) is 0 Å². The predicted molar refractivity (Wildman–Crippen MR) is 87.5 cm³/mol. The summed E-state index contributed by atoms with van der Waals surface area (Å²) in [7, 11) is 4.57. The monoisotopic (exact) mass is 335 g/mol. The number of hydrogen-bond donors (Lipinski definition) is 0. The van der Waals surface area contributed by atoms with Gasteiger partial charge in [0.2, 0.25) is 0 Å². The number of allylic oxidation sites excluding steroid dienone is 1. The molecule has 0 fully saturated rings. The quantitative estimate of drug-likeness (QED) is 0.610. The van der Waals surface area contributed by atoms with Crippen LogP contribution in [0, 0.1) is 10.1 Å². The molecule has 130 valence electrons. The van der Waals surface area contributed by atoms with Gasteiger partial charge in [-0.25, -0.2) is 4.79 Å². The number of nitrogens with zero attached hydrogens (tertiary/aromatic N) is 3. The minimum atomic E-state index is -0.798. The van der Waals surface area contributed by atoms with Crippen LogP contribution in [0.2, 0.25) is 0 Å². The first-order valence-electron chi connectivity index (χ1n) is 7.49. The minimum absolute atomic E-state index is 0.0363. The van der Waals surface area contributed by atoms with Crippen molar-refractivity contribution in [1.29, 1.82) is 0 Å². The Labute approximate surface area is 140 Å². The van der Waals surface area contributed by atoms with Crippen molar-refractivity contribution < 1.29 is 19.2 Å². The Hall–Kier alpha value is -2.77. The lowest BCUT2D eigenvalue weighted by Gasteiger charge is -2.36. The van der Waals surface area contributed by atoms with Crippen LogP contribution in [0.1, 0.15) is 25.5 Å². The average molecular weight is 335 g/mol. The molecule has 1 aliphatic rings. The van der Waals surface area contributed by atoms with Crippen LogP contribution < -0.4 is 9.47 Å². The standard InChI is InChI=1S/C16H21N3O5/c1-6-24-12-8-7-11(9-13(12)23-5)15-14(19(21)22)10(2)17(3)16(20)18(15)4/h7-9,15H,6H2,1-5H3/t15-/m0/s1. The van der Waals surface area contributed by atoms with Gasteiger partial charge in [-0.3, -0.25) is 15.0 Å². The van der Waals surface area contributed by atoms with Crippen LogP contribution in [0.4, 0.5) is 4.79 Å². The van der Waals surface area contributed by atoms with E-state index in [-0.39, 0.29) is 11.7 Å². The van der Waals surface area contributed by atoms with Crippen LogP contribution in [0.25, 0.3) is 0 Å². The van der Waals surface area contributed by atoms with Crippen LogP contribution in [-0.4, -0.2) is 48.6 Å². The van der Waals surface area contributed by atoms with E-state index in [1.54, 1.807) is 32.2 Å². The number of carbonyl (C=O) groups is 1. The third-order valence-corrected chi connectivity index (χ3v) is 4.11. The molecule has 2 rings (SSSR count). The zero-order valence-electron chi connectivity index (χ0n) is 14.4. The largest absolute Gasteiger partial charge is 0.493 e. The van der Waals surface area contributed by atoms with Crippen molar-refractivity contribution in [1.82, 2.24) is 9.80 Å². The summed E-state index contributed by atoms with van der Waals surface area (Å²) in [5, 5.41) is 11.6. The van der Waals surface area contributed by atoms with Crippen LogP contribution in [0.15, 0.2) is 29.6 Å². The van der Waals surface area contributed by atoms with E-state index in [4.69, 9.17) is 9.47 Å². The van der Waals surface area contributed by atoms with Crippen molar-refractivity contribution in [2.24, 2.45) is 0 Å². The molecule has 8 nitrogen and oxygen atoms in total. The Balaban J connectivity index is 2.59. The molecule has 0 spiro atoms. The molecule has 0 aliphatic carbocycles. The van der Waals surface area contributed by atoms with Crippen molar-refractivity contribution in [2.75, 3.05) is 27.8 Å². The predicted octanol–water partition coefficient (Wildman–Crippen LogP) is 2.64. The topological polar surface area (TPSA) is 85.2 Å². The molecule has 0 saturated carbocycles. The maximum atomic E-state index is 12.4. The van der Waals surface area contributed by atoms with Gasteiger partial charge in [0.05, 0.1) is 24.3 Å². The number of urea groups is 1. The lowest BCUT2D eigenvalue weighted by Crippen LogP contribution is -2.47. The summed E-state index contributed by atoms with van der Waals surface area (Å²) in [6, 6.07) is 3.97. The van der Waals surface area contributed by atoms with Crippen molar-refractivity contribution in [3.05, 3.63) is 45.3 Å². The number of amides is 2. The number of methoxy groups -OCH3 is 1. The van der Waals surface area contributed by atoms with Crippen molar-refractivity contribution in [3.63, 3.8) is 0 Å². The Bertz CT molecular complexity index is 701. The molecule has 8 heteroatoms. The van der Waals surface area contributed by atoms with Gasteiger partial charge in [0, 0.05) is 14.1 Å². The van der Waals surface area contributed by atoms with Crippen molar-refractivity contribution in [2.45, 2.75) is 19.9 Å². The molecule has 1 aromatic rings. The molecule has 0 bridgehead atoms. The summed E-state index contributed by atoms with van der Waals surface area (Å²) in [6.45, 7) is 3.90. The third-order valence-electron chi connectivity index (χ3n) is 4.11. The summed E-state index contributed by atoms with van der Waals surface area (Å²) in [6.07, 6.45) is 0. The number of ether oxygens (including phenoxy) is 2. The highest BCUT2D eigenvalue weighted by Gasteiger charge is 2.42. The molecule has 1 atom stereocenters. The first kappa shape index (κ1) is 17.6. The zero-order valence-corrected chi connectivity index (χ0v) is 14.4. The number of rotatable bonds is 5. The Kier molecular flexibility index (Phi) is 4.96. The lowest BCUT2D eigenvalue weighted by molar-refractivity contribution is -0.436. The molecule has 0 radical (unpaired) electrons. The highest BCUT2D eigenvalue weighted by molar-refractivity contribution is 5.78. The van der Waals surface area contributed by atoms with E-state index in [9.17, 15) is 14.9 Å². The Morgan fingerprint density at radius 1 is 1.29 bits per heavy atom. The van der Waals surface area contributed by atoms with Crippen LogP contribution in [0.5, 0.6) is 11.5 Å². The van der Waals surface area contributed by atoms with Gasteiger partial charge in [-0.15, -0.1) is 0 Å². The molecule has 0 aromatic heterocycles. The van der Waals surface area contributed by atoms with E-state index in [0.29, 0.717) is 29.4 Å². The zero-order chi connectivity index (χ0) is 18.0. The minimum Gasteiger partial charge on any atom is -0.493 e. The molecule has 0 N–H and O–H groups in total. The first-order valence-corrected chi connectivity index (χ1v) is 7.49. The number of hydrogen-bond acceptors (Lipinski definition) is 5. The first-order chi connectivity index (χ1) is 11.3. The van der Waals surface area contributed by atoms with Gasteiger partial charge in [0.25, 0.3) is 5.70 Å². The Morgan fingerprint density at radius 3 is 2.50 bits per heavy atom. The molecule has 1 heterocycles. The molecular formula is C16H21N3O5. The van der Waals surface area contributed by atoms with E-state index in [2.05, 4.69) is 0 Å². The van der Waals surface area contributed by atoms with E-state index < -0.39 is 11.0 Å². The van der Waals surface area contributed by atoms with E-state index in [0.717, 1.165) is 0 Å². The summed E-state index contributed by atoms with van der Waals surface area (Å²) in [5.41, 5.74) is 0.872. The molecule has 0 unspecified atom stereocenters. The number of likely N-dealkylation sites (N-methyl/N-ethyl adjacent to an activating group) is 1. The summed E-state index contributed by atoms with van der Waals surface area (Å²) >= 11 is 0. The smallest absolute Gasteiger partial charge is 0.324 e.